The molecule has 1 saturated heterocycles. The molecule has 1 aromatic rings. The number of sulfonamides is 1. The van der Waals surface area contributed by atoms with Crippen molar-refractivity contribution in [2.45, 2.75) is 10.9 Å². The van der Waals surface area contributed by atoms with Crippen LogP contribution < -0.4 is 0 Å². The van der Waals surface area contributed by atoms with Gasteiger partial charge in [-0.1, -0.05) is 15.9 Å². The van der Waals surface area contributed by atoms with Gasteiger partial charge in [0.25, 0.3) is 0 Å². The number of thioether (sulfide) groups is 1. The first-order chi connectivity index (χ1) is 8.93. The molecule has 0 aromatic heterocycles. The molecule has 0 spiro atoms. The van der Waals surface area contributed by atoms with Crippen molar-refractivity contribution < 1.29 is 18.3 Å². The van der Waals surface area contributed by atoms with Crippen LogP contribution in [0.2, 0.25) is 0 Å². The number of carboxylic acids is 1. The summed E-state index contributed by atoms with van der Waals surface area (Å²) in [7, 11) is -3.75. The Balaban J connectivity index is 2.37. The van der Waals surface area contributed by atoms with Gasteiger partial charge in [0, 0.05) is 22.5 Å². The molecule has 0 amide bonds. The molecule has 2 rings (SSSR count). The molecule has 0 bridgehead atoms. The summed E-state index contributed by atoms with van der Waals surface area (Å²) in [4.78, 5) is 11.3. The normalized spacial score (nSPS) is 21.2. The second-order valence-electron chi connectivity index (χ2n) is 4.00. The molecular formula is C11H12BrNO4S2. The monoisotopic (exact) mass is 365 g/mol. The first kappa shape index (κ1) is 14.8. The predicted octanol–water partition coefficient (Wildman–Crippen LogP) is 1.64. The number of hydrogen-bond donors (Lipinski definition) is 1. The van der Waals surface area contributed by atoms with Gasteiger partial charge < -0.3 is 5.11 Å². The van der Waals surface area contributed by atoms with Crippen LogP contribution in [0.3, 0.4) is 0 Å². The first-order valence-electron chi connectivity index (χ1n) is 5.51. The molecule has 104 valence electrons. The smallest absolute Gasteiger partial charge is 0.322 e. The van der Waals surface area contributed by atoms with Crippen LogP contribution in [0.4, 0.5) is 0 Å². The maximum absolute atomic E-state index is 12.5. The molecule has 0 radical (unpaired) electrons. The molecule has 1 N–H and O–H groups in total. The molecule has 0 aliphatic carbocycles. The van der Waals surface area contributed by atoms with Crippen molar-refractivity contribution in [3.05, 3.63) is 28.7 Å². The van der Waals surface area contributed by atoms with Gasteiger partial charge in [-0.3, -0.25) is 4.79 Å². The maximum Gasteiger partial charge on any atom is 0.322 e. The summed E-state index contributed by atoms with van der Waals surface area (Å²) < 4.78 is 26.8. The van der Waals surface area contributed by atoms with Crippen LogP contribution in [0.15, 0.2) is 33.6 Å². The molecule has 1 atom stereocenters. The maximum atomic E-state index is 12.5. The molecule has 1 heterocycles. The Kier molecular flexibility index (Phi) is 4.54. The minimum atomic E-state index is -3.75. The standard InChI is InChI=1S/C11H12BrNO4S2/c12-8-1-3-9(4-2-8)19(16,17)13-5-6-18-7-10(13)11(14)15/h1-4,10H,5-7H2,(H,14,15). The third-order valence-electron chi connectivity index (χ3n) is 2.78. The third kappa shape index (κ3) is 3.13. The highest BCUT2D eigenvalue weighted by molar-refractivity contribution is 9.10. The van der Waals surface area contributed by atoms with Crippen molar-refractivity contribution in [2.24, 2.45) is 0 Å². The van der Waals surface area contributed by atoms with E-state index in [2.05, 4.69) is 15.9 Å². The Hall–Kier alpha value is -0.570. The van der Waals surface area contributed by atoms with Crippen LogP contribution in [-0.4, -0.2) is 47.9 Å². The molecule has 0 saturated carbocycles. The highest BCUT2D eigenvalue weighted by Crippen LogP contribution is 2.25. The van der Waals surface area contributed by atoms with Gasteiger partial charge >= 0.3 is 5.97 Å². The van der Waals surface area contributed by atoms with Gasteiger partial charge in [0.05, 0.1) is 4.90 Å². The Labute approximate surface area is 124 Å². The van der Waals surface area contributed by atoms with Crippen molar-refractivity contribution in [1.82, 2.24) is 4.31 Å². The minimum absolute atomic E-state index is 0.119. The van der Waals surface area contributed by atoms with Gasteiger partial charge in [-0.05, 0) is 24.3 Å². The number of halogens is 1. The van der Waals surface area contributed by atoms with Gasteiger partial charge in [0.2, 0.25) is 10.0 Å². The summed E-state index contributed by atoms with van der Waals surface area (Å²) in [5, 5.41) is 9.14. The molecule has 5 nitrogen and oxygen atoms in total. The number of carbonyl (C=O) groups is 1. The van der Waals surface area contributed by atoms with Crippen LogP contribution in [0.5, 0.6) is 0 Å². The van der Waals surface area contributed by atoms with E-state index >= 15 is 0 Å². The molecule has 1 aliphatic heterocycles. The van der Waals surface area contributed by atoms with E-state index in [4.69, 9.17) is 5.11 Å². The molecule has 1 unspecified atom stereocenters. The number of aliphatic carboxylic acids is 1. The zero-order valence-corrected chi connectivity index (χ0v) is 13.0. The van der Waals surface area contributed by atoms with Crippen LogP contribution >= 0.6 is 27.7 Å². The lowest BCUT2D eigenvalue weighted by Crippen LogP contribution is -2.50. The van der Waals surface area contributed by atoms with E-state index < -0.39 is 22.0 Å². The van der Waals surface area contributed by atoms with Gasteiger partial charge in [-0.25, -0.2) is 8.42 Å². The molecule has 1 aliphatic rings. The van der Waals surface area contributed by atoms with E-state index in [1.807, 2.05) is 0 Å². The van der Waals surface area contributed by atoms with Crippen LogP contribution in [0.25, 0.3) is 0 Å². The summed E-state index contributed by atoms with van der Waals surface area (Å²) >= 11 is 4.69. The lowest BCUT2D eigenvalue weighted by molar-refractivity contribution is -0.140. The Morgan fingerprint density at radius 1 is 1.37 bits per heavy atom. The van der Waals surface area contributed by atoms with E-state index in [1.54, 1.807) is 12.1 Å². The minimum Gasteiger partial charge on any atom is -0.480 e. The van der Waals surface area contributed by atoms with Crippen LogP contribution in [0.1, 0.15) is 0 Å². The fourth-order valence-corrected chi connectivity index (χ4v) is 4.91. The molecule has 8 heteroatoms. The van der Waals surface area contributed by atoms with Gasteiger partial charge in [0.15, 0.2) is 0 Å². The van der Waals surface area contributed by atoms with E-state index in [1.165, 1.54) is 23.9 Å². The third-order valence-corrected chi connectivity index (χ3v) is 6.26. The Morgan fingerprint density at radius 3 is 2.58 bits per heavy atom. The first-order valence-corrected chi connectivity index (χ1v) is 8.89. The van der Waals surface area contributed by atoms with Gasteiger partial charge in [-0.2, -0.15) is 16.1 Å². The zero-order valence-electron chi connectivity index (χ0n) is 9.82. The zero-order chi connectivity index (χ0) is 14.0. The second kappa shape index (κ2) is 5.82. The summed E-state index contributed by atoms with van der Waals surface area (Å²) in [6, 6.07) is 5.20. The topological polar surface area (TPSA) is 74.7 Å². The van der Waals surface area contributed by atoms with E-state index in [9.17, 15) is 13.2 Å². The van der Waals surface area contributed by atoms with Crippen molar-refractivity contribution in [3.63, 3.8) is 0 Å². The molecule has 1 aromatic carbocycles. The van der Waals surface area contributed by atoms with E-state index in [0.717, 1.165) is 8.78 Å². The predicted molar refractivity (Wildman–Crippen MR) is 76.8 cm³/mol. The Bertz CT molecular complexity index is 573. The highest BCUT2D eigenvalue weighted by Gasteiger charge is 2.37. The van der Waals surface area contributed by atoms with Crippen molar-refractivity contribution in [3.8, 4) is 0 Å². The van der Waals surface area contributed by atoms with Crippen LogP contribution in [-0.2, 0) is 14.8 Å². The Morgan fingerprint density at radius 2 is 2.00 bits per heavy atom. The highest BCUT2D eigenvalue weighted by atomic mass is 79.9. The summed E-state index contributed by atoms with van der Waals surface area (Å²) in [6.45, 7) is 0.222. The summed E-state index contributed by atoms with van der Waals surface area (Å²) in [5.74, 6) is -0.210. The summed E-state index contributed by atoms with van der Waals surface area (Å²) in [5.41, 5.74) is 0. The number of rotatable bonds is 3. The van der Waals surface area contributed by atoms with Crippen molar-refractivity contribution >= 4 is 43.7 Å². The number of carboxylic acid groups (broad SMARTS) is 1. The van der Waals surface area contributed by atoms with Crippen molar-refractivity contribution in [1.29, 1.82) is 0 Å². The lowest BCUT2D eigenvalue weighted by Gasteiger charge is -2.31. The van der Waals surface area contributed by atoms with Crippen molar-refractivity contribution in [2.75, 3.05) is 18.1 Å². The largest absolute Gasteiger partial charge is 0.480 e. The van der Waals surface area contributed by atoms with E-state index in [0.29, 0.717) is 5.75 Å². The number of nitrogens with zero attached hydrogens (tertiary/aromatic N) is 1. The SMILES string of the molecule is O=C(O)C1CSCCN1S(=O)(=O)c1ccc(Br)cc1. The molecule has 19 heavy (non-hydrogen) atoms. The van der Waals surface area contributed by atoms with Gasteiger partial charge in [-0.15, -0.1) is 0 Å². The fraction of sp³-hybridized carbons (Fsp3) is 0.364. The number of benzene rings is 1. The quantitative estimate of drug-likeness (QED) is 0.880. The average molecular weight is 366 g/mol. The second-order valence-corrected chi connectivity index (χ2v) is 7.95. The fourth-order valence-electron chi connectivity index (χ4n) is 1.81. The summed E-state index contributed by atoms with van der Waals surface area (Å²) in [6.07, 6.45) is 0. The number of hydrogen-bond acceptors (Lipinski definition) is 4. The molecule has 1 fully saturated rings. The lowest BCUT2D eigenvalue weighted by atomic mass is 10.3. The van der Waals surface area contributed by atoms with E-state index in [-0.39, 0.29) is 17.2 Å². The average Bonchev–Trinajstić information content (AvgIpc) is 2.39. The molecular weight excluding hydrogens is 354 g/mol. The van der Waals surface area contributed by atoms with Crippen LogP contribution in [0, 0.1) is 0 Å². The van der Waals surface area contributed by atoms with Gasteiger partial charge in [0.1, 0.15) is 6.04 Å².